The third-order valence-electron chi connectivity index (χ3n) is 2.89. The van der Waals surface area contributed by atoms with Crippen LogP contribution in [0.2, 0.25) is 0 Å². The second-order valence-electron chi connectivity index (χ2n) is 4.63. The number of likely N-dealkylation sites (N-methyl/N-ethyl adjacent to an activating group) is 1. The Morgan fingerprint density at radius 2 is 1.88 bits per heavy atom. The van der Waals surface area contributed by atoms with E-state index in [1.54, 1.807) is 11.8 Å². The quantitative estimate of drug-likeness (QED) is 0.748. The van der Waals surface area contributed by atoms with Gasteiger partial charge in [-0.2, -0.15) is 13.5 Å². The molecule has 0 aromatic heterocycles. The zero-order valence-corrected chi connectivity index (χ0v) is 12.2. The molecule has 0 radical (unpaired) electrons. The minimum atomic E-state index is -0.552. The number of hydrogen-bond donors (Lipinski definition) is 1. The highest BCUT2D eigenvalue weighted by Crippen LogP contribution is 2.17. The normalized spacial score (nSPS) is 16.4. The van der Waals surface area contributed by atoms with Gasteiger partial charge in [-0.15, -0.1) is 0 Å². The van der Waals surface area contributed by atoms with E-state index in [4.69, 9.17) is 0 Å². The molecule has 0 saturated heterocycles. The van der Waals surface area contributed by atoms with Gasteiger partial charge in [0, 0.05) is 0 Å². The van der Waals surface area contributed by atoms with Crippen molar-refractivity contribution in [1.82, 2.24) is 4.90 Å². The molecule has 0 fully saturated rings. The van der Waals surface area contributed by atoms with E-state index < -0.39 is 6.10 Å². The smallest absolute Gasteiger partial charge is 0.149 e. The number of carbonyl (C=O) groups excluding carboxylic acids is 1. The first kappa shape index (κ1) is 18.3. The van der Waals surface area contributed by atoms with Gasteiger partial charge in [-0.05, 0) is 33.4 Å². The highest BCUT2D eigenvalue weighted by Gasteiger charge is 2.29. The summed E-state index contributed by atoms with van der Waals surface area (Å²) in [5.41, 5.74) is 0. The van der Waals surface area contributed by atoms with E-state index in [2.05, 4.69) is 6.92 Å². The van der Waals surface area contributed by atoms with Crippen molar-refractivity contribution in [1.29, 1.82) is 0 Å². The number of carbonyl (C=O) groups is 1. The average Bonchev–Trinajstić information content (AvgIpc) is 2.12. The Hall–Kier alpha value is -0.0600. The van der Waals surface area contributed by atoms with Crippen molar-refractivity contribution in [2.45, 2.75) is 52.2 Å². The monoisotopic (exact) mass is 249 g/mol. The number of aliphatic hydroxyl groups excluding tert-OH is 1. The van der Waals surface area contributed by atoms with Crippen LogP contribution in [0.1, 0.15) is 40.0 Å². The summed E-state index contributed by atoms with van der Waals surface area (Å²) in [4.78, 5) is 13.2. The highest BCUT2D eigenvalue weighted by molar-refractivity contribution is 7.59. The maximum Gasteiger partial charge on any atom is 0.149 e. The third kappa shape index (κ3) is 5.87. The van der Waals surface area contributed by atoms with Crippen molar-refractivity contribution >= 4 is 19.3 Å². The molecule has 98 valence electrons. The van der Waals surface area contributed by atoms with Crippen LogP contribution in [0.3, 0.4) is 0 Å². The summed E-state index contributed by atoms with van der Waals surface area (Å²) in [6.07, 6.45) is 2.67. The second kappa shape index (κ2) is 9.02. The van der Waals surface area contributed by atoms with E-state index in [1.807, 2.05) is 21.0 Å². The first-order chi connectivity index (χ1) is 6.91. The number of hydrogen-bond acceptors (Lipinski definition) is 3. The van der Waals surface area contributed by atoms with Gasteiger partial charge in [0.05, 0.1) is 12.1 Å². The van der Waals surface area contributed by atoms with E-state index in [1.165, 1.54) is 0 Å². The summed E-state index contributed by atoms with van der Waals surface area (Å²) in [7, 11) is 3.67. The van der Waals surface area contributed by atoms with Crippen LogP contribution in [-0.4, -0.2) is 42.0 Å². The van der Waals surface area contributed by atoms with Gasteiger partial charge < -0.3 is 5.11 Å². The lowest BCUT2D eigenvalue weighted by molar-refractivity contribution is -0.126. The molecular weight excluding hydrogens is 222 g/mol. The Labute approximate surface area is 107 Å². The second-order valence-corrected chi connectivity index (χ2v) is 4.63. The van der Waals surface area contributed by atoms with E-state index in [0.717, 1.165) is 19.3 Å². The molecule has 3 atom stereocenters. The van der Waals surface area contributed by atoms with E-state index in [9.17, 15) is 9.90 Å². The van der Waals surface area contributed by atoms with E-state index >= 15 is 0 Å². The molecule has 0 rings (SSSR count). The Bertz CT molecular complexity index is 197. The third-order valence-corrected chi connectivity index (χ3v) is 2.89. The van der Waals surface area contributed by atoms with Crippen molar-refractivity contribution in [2.75, 3.05) is 14.1 Å². The summed E-state index contributed by atoms with van der Waals surface area (Å²) in [6.45, 7) is 5.69. The van der Waals surface area contributed by atoms with E-state index in [-0.39, 0.29) is 31.2 Å². The molecule has 0 aliphatic carbocycles. The fourth-order valence-electron chi connectivity index (χ4n) is 1.92. The van der Waals surface area contributed by atoms with Crippen molar-refractivity contribution in [3.8, 4) is 0 Å². The van der Waals surface area contributed by atoms with Crippen LogP contribution < -0.4 is 0 Å². The number of aliphatic hydroxyl groups is 1. The zero-order chi connectivity index (χ0) is 12.0. The Morgan fingerprint density at radius 3 is 2.19 bits per heavy atom. The van der Waals surface area contributed by atoms with Crippen LogP contribution in [0.15, 0.2) is 0 Å². The molecule has 0 amide bonds. The maximum atomic E-state index is 11.4. The Morgan fingerprint density at radius 1 is 1.38 bits per heavy atom. The highest BCUT2D eigenvalue weighted by atomic mass is 32.1. The van der Waals surface area contributed by atoms with Gasteiger partial charge in [-0.1, -0.05) is 26.7 Å². The summed E-state index contributed by atoms with van der Waals surface area (Å²) in [5, 5.41) is 10.1. The topological polar surface area (TPSA) is 40.5 Å². The van der Waals surface area contributed by atoms with Crippen LogP contribution in [0.5, 0.6) is 0 Å². The molecule has 3 nitrogen and oxygen atoms in total. The van der Waals surface area contributed by atoms with Crippen molar-refractivity contribution in [3.63, 3.8) is 0 Å². The van der Waals surface area contributed by atoms with Gasteiger partial charge in [0.25, 0.3) is 0 Å². The molecular formula is C12H27NO2S. The summed E-state index contributed by atoms with van der Waals surface area (Å²) in [5.74, 6) is 0.220. The van der Waals surface area contributed by atoms with E-state index in [0.29, 0.717) is 0 Å². The molecule has 0 aliphatic rings. The number of Topliss-reactive ketones (excluding diaryl/α,β-unsaturated/α-hetero) is 1. The summed E-state index contributed by atoms with van der Waals surface area (Å²) < 4.78 is 0. The van der Waals surface area contributed by atoms with Crippen LogP contribution >= 0.6 is 13.5 Å². The molecule has 0 bridgehead atoms. The maximum absolute atomic E-state index is 11.4. The number of rotatable bonds is 7. The van der Waals surface area contributed by atoms with Gasteiger partial charge in [0.1, 0.15) is 5.78 Å². The first-order valence-corrected chi connectivity index (χ1v) is 5.76. The molecule has 0 heterocycles. The minimum Gasteiger partial charge on any atom is -0.391 e. The lowest BCUT2D eigenvalue weighted by atomic mass is 9.91. The van der Waals surface area contributed by atoms with Crippen LogP contribution in [-0.2, 0) is 4.79 Å². The molecule has 3 unspecified atom stereocenters. The SMILES string of the molecule is CCCCC(C)C(O)C(C(C)=O)N(C)C.S. The van der Waals surface area contributed by atoms with Crippen molar-refractivity contribution in [2.24, 2.45) is 5.92 Å². The average molecular weight is 249 g/mol. The van der Waals surface area contributed by atoms with Crippen LogP contribution in [0.25, 0.3) is 0 Å². The minimum absolute atomic E-state index is 0. The molecule has 0 saturated carbocycles. The summed E-state index contributed by atoms with van der Waals surface area (Å²) >= 11 is 0. The standard InChI is InChI=1S/C12H25NO2.H2S/c1-6-7-8-9(2)12(15)11(10(3)14)13(4)5;/h9,11-12,15H,6-8H2,1-5H3;1H2. The van der Waals surface area contributed by atoms with Gasteiger partial charge in [0.2, 0.25) is 0 Å². The Balaban J connectivity index is 0. The van der Waals surface area contributed by atoms with Crippen molar-refractivity contribution in [3.05, 3.63) is 0 Å². The summed E-state index contributed by atoms with van der Waals surface area (Å²) in [6, 6.07) is -0.364. The van der Waals surface area contributed by atoms with Gasteiger partial charge in [-0.3, -0.25) is 9.69 Å². The predicted octanol–water partition coefficient (Wildman–Crippen LogP) is 1.81. The fourth-order valence-corrected chi connectivity index (χ4v) is 1.92. The number of nitrogens with zero attached hydrogens (tertiary/aromatic N) is 1. The molecule has 0 aromatic rings. The molecule has 1 N–H and O–H groups in total. The van der Waals surface area contributed by atoms with Gasteiger partial charge in [-0.25, -0.2) is 0 Å². The zero-order valence-electron chi connectivity index (χ0n) is 11.2. The van der Waals surface area contributed by atoms with Crippen LogP contribution in [0.4, 0.5) is 0 Å². The Kier molecular flexibility index (Phi) is 10.3. The molecule has 0 spiro atoms. The van der Waals surface area contributed by atoms with Gasteiger partial charge >= 0.3 is 0 Å². The molecule has 16 heavy (non-hydrogen) atoms. The molecule has 4 heteroatoms. The van der Waals surface area contributed by atoms with Crippen LogP contribution in [0, 0.1) is 5.92 Å². The number of ketones is 1. The lowest BCUT2D eigenvalue weighted by Crippen LogP contribution is -2.47. The lowest BCUT2D eigenvalue weighted by Gasteiger charge is -2.30. The predicted molar refractivity (Wildman–Crippen MR) is 73.2 cm³/mol. The molecule has 0 aromatic carbocycles. The van der Waals surface area contributed by atoms with Gasteiger partial charge in [0.15, 0.2) is 0 Å². The number of unbranched alkanes of at least 4 members (excludes halogenated alkanes) is 1. The molecule has 0 aliphatic heterocycles. The first-order valence-electron chi connectivity index (χ1n) is 5.76. The van der Waals surface area contributed by atoms with Crippen molar-refractivity contribution < 1.29 is 9.90 Å². The fraction of sp³-hybridized carbons (Fsp3) is 0.917. The largest absolute Gasteiger partial charge is 0.391 e.